The molecule has 0 saturated carbocycles. The molecule has 0 fully saturated rings. The molecule has 0 aliphatic rings. The maximum Gasteiger partial charge on any atom is 0.304 e. The van der Waals surface area contributed by atoms with Gasteiger partial charge in [-0.25, -0.2) is 0 Å². The van der Waals surface area contributed by atoms with Crippen molar-refractivity contribution in [3.63, 3.8) is 0 Å². The van der Waals surface area contributed by atoms with Gasteiger partial charge in [-0.15, -0.1) is 17.3 Å². The Hall–Kier alpha value is -3.79. The van der Waals surface area contributed by atoms with Gasteiger partial charge in [0.2, 0.25) is 0 Å². The van der Waals surface area contributed by atoms with Gasteiger partial charge >= 0.3 is 5.97 Å². The van der Waals surface area contributed by atoms with Crippen molar-refractivity contribution in [3.8, 4) is 34.5 Å². The number of carboxylic acid groups (broad SMARTS) is 1. The van der Waals surface area contributed by atoms with Gasteiger partial charge in [0.25, 0.3) is 0 Å². The minimum Gasteiger partial charge on any atom is -0.491 e. The van der Waals surface area contributed by atoms with E-state index in [2.05, 4.69) is 48.4 Å². The summed E-state index contributed by atoms with van der Waals surface area (Å²) in [5.41, 5.74) is 5.39. The van der Waals surface area contributed by atoms with E-state index in [1.807, 2.05) is 36.4 Å². The van der Waals surface area contributed by atoms with Crippen LogP contribution in [0.4, 0.5) is 0 Å². The lowest BCUT2D eigenvalue weighted by Gasteiger charge is -2.13. The van der Waals surface area contributed by atoms with Gasteiger partial charge in [-0.2, -0.15) is 0 Å². The first-order chi connectivity index (χ1) is 18.0. The number of methoxy groups -OCH3 is 1. The lowest BCUT2D eigenvalue weighted by molar-refractivity contribution is -0.137. The molecule has 6 heteroatoms. The fraction of sp³-hybridized carbons (Fsp3) is 0.258. The van der Waals surface area contributed by atoms with Crippen LogP contribution in [0, 0.1) is 18.8 Å². The van der Waals surface area contributed by atoms with Crippen molar-refractivity contribution in [3.05, 3.63) is 82.7 Å². The molecule has 0 saturated heterocycles. The Kier molecular flexibility index (Phi) is 8.84. The smallest absolute Gasteiger partial charge is 0.304 e. The van der Waals surface area contributed by atoms with E-state index in [0.717, 1.165) is 33.8 Å². The first kappa shape index (κ1) is 26.3. The Balaban J connectivity index is 1.51. The number of hydrogen-bond donors (Lipinski definition) is 1. The van der Waals surface area contributed by atoms with Crippen LogP contribution in [0.5, 0.6) is 11.5 Å². The normalized spacial score (nSPS) is 11.5. The molecule has 0 radical (unpaired) electrons. The SMILES string of the molecule is CC#CC(CC(=O)O)c1ccc(OCc2ccc3scc(-c4cccc(OCCOC)c4C)c3c2)cc1. The molecule has 1 aromatic heterocycles. The molecule has 37 heavy (non-hydrogen) atoms. The van der Waals surface area contributed by atoms with E-state index in [1.165, 1.54) is 15.6 Å². The van der Waals surface area contributed by atoms with Crippen LogP contribution in [0.3, 0.4) is 0 Å². The third-order valence-corrected chi connectivity index (χ3v) is 7.11. The van der Waals surface area contributed by atoms with Crippen molar-refractivity contribution in [2.75, 3.05) is 20.3 Å². The number of carbonyl (C=O) groups is 1. The summed E-state index contributed by atoms with van der Waals surface area (Å²) in [6.07, 6.45) is -0.0221. The van der Waals surface area contributed by atoms with Crippen molar-refractivity contribution in [1.29, 1.82) is 0 Å². The number of fused-ring (bicyclic) bond motifs is 1. The Bertz CT molecular complexity index is 1430. The third kappa shape index (κ3) is 6.51. The number of thiophene rings is 1. The Morgan fingerprint density at radius 2 is 1.84 bits per heavy atom. The molecular formula is C31H30O5S. The zero-order valence-electron chi connectivity index (χ0n) is 21.2. The molecule has 1 unspecified atom stereocenters. The van der Waals surface area contributed by atoms with Crippen molar-refractivity contribution in [2.45, 2.75) is 32.8 Å². The van der Waals surface area contributed by atoms with E-state index in [-0.39, 0.29) is 12.3 Å². The predicted molar refractivity (Wildman–Crippen MR) is 149 cm³/mol. The molecule has 0 amide bonds. The van der Waals surface area contributed by atoms with E-state index in [0.29, 0.717) is 19.8 Å². The lowest BCUT2D eigenvalue weighted by atomic mass is 9.96. The summed E-state index contributed by atoms with van der Waals surface area (Å²) in [6.45, 7) is 5.30. The van der Waals surface area contributed by atoms with Gasteiger partial charge in [-0.3, -0.25) is 4.79 Å². The lowest BCUT2D eigenvalue weighted by Crippen LogP contribution is -2.05. The highest BCUT2D eigenvalue weighted by Crippen LogP contribution is 2.38. The van der Waals surface area contributed by atoms with Crippen LogP contribution in [-0.2, 0) is 16.1 Å². The van der Waals surface area contributed by atoms with Crippen molar-refractivity contribution < 1.29 is 24.1 Å². The summed E-state index contributed by atoms with van der Waals surface area (Å²) in [5.74, 6) is 6.20. The van der Waals surface area contributed by atoms with Gasteiger partial charge < -0.3 is 19.3 Å². The number of aliphatic carboxylic acids is 1. The first-order valence-electron chi connectivity index (χ1n) is 12.1. The highest BCUT2D eigenvalue weighted by molar-refractivity contribution is 7.17. The van der Waals surface area contributed by atoms with Crippen molar-refractivity contribution in [2.24, 2.45) is 0 Å². The van der Waals surface area contributed by atoms with Crippen LogP contribution < -0.4 is 9.47 Å². The quantitative estimate of drug-likeness (QED) is 0.171. The molecule has 1 atom stereocenters. The molecular weight excluding hydrogens is 484 g/mol. The topological polar surface area (TPSA) is 65.0 Å². The summed E-state index contributed by atoms with van der Waals surface area (Å²) < 4.78 is 18.3. The van der Waals surface area contributed by atoms with Crippen molar-refractivity contribution in [1.82, 2.24) is 0 Å². The zero-order valence-corrected chi connectivity index (χ0v) is 22.1. The van der Waals surface area contributed by atoms with E-state index in [1.54, 1.807) is 25.4 Å². The number of benzene rings is 3. The standard InChI is InChI=1S/C31H30O5S/c1-4-6-24(18-31(32)33)23-10-12-25(13-11-23)36-19-22-9-14-30-27(17-22)28(20-37-30)26-7-5-8-29(21(26)2)35-16-15-34-3/h5,7-14,17,20,24H,15-16,18-19H2,1-3H3,(H,32,33). The van der Waals surface area contributed by atoms with Gasteiger partial charge in [-0.05, 0) is 71.8 Å². The largest absolute Gasteiger partial charge is 0.491 e. The molecule has 4 rings (SSSR count). The zero-order chi connectivity index (χ0) is 26.2. The molecule has 5 nitrogen and oxygen atoms in total. The van der Waals surface area contributed by atoms with Crippen LogP contribution in [0.1, 0.15) is 36.0 Å². The molecule has 0 aliphatic carbocycles. The average Bonchev–Trinajstić information content (AvgIpc) is 3.31. The number of carboxylic acids is 1. The van der Waals surface area contributed by atoms with E-state index < -0.39 is 5.97 Å². The van der Waals surface area contributed by atoms with Crippen LogP contribution in [0.25, 0.3) is 21.2 Å². The molecule has 1 N–H and O–H groups in total. The van der Waals surface area contributed by atoms with E-state index >= 15 is 0 Å². The molecule has 3 aromatic carbocycles. The number of hydrogen-bond acceptors (Lipinski definition) is 5. The summed E-state index contributed by atoms with van der Waals surface area (Å²) in [6, 6.07) is 20.1. The fourth-order valence-electron chi connectivity index (χ4n) is 4.24. The predicted octanol–water partition coefficient (Wildman–Crippen LogP) is 7.06. The summed E-state index contributed by atoms with van der Waals surface area (Å²) in [7, 11) is 1.67. The summed E-state index contributed by atoms with van der Waals surface area (Å²) >= 11 is 1.73. The van der Waals surface area contributed by atoms with Gasteiger partial charge in [0.15, 0.2) is 0 Å². The third-order valence-electron chi connectivity index (χ3n) is 6.14. The second-order valence-corrected chi connectivity index (χ2v) is 9.56. The van der Waals surface area contributed by atoms with E-state index in [4.69, 9.17) is 19.3 Å². The Morgan fingerprint density at radius 3 is 2.57 bits per heavy atom. The monoisotopic (exact) mass is 514 g/mol. The number of rotatable bonds is 11. The van der Waals surface area contributed by atoms with Gasteiger partial charge in [0.1, 0.15) is 24.7 Å². The molecule has 0 aliphatic heterocycles. The van der Waals surface area contributed by atoms with Crippen LogP contribution in [-0.4, -0.2) is 31.4 Å². The second kappa shape index (κ2) is 12.4. The molecule has 0 spiro atoms. The van der Waals surface area contributed by atoms with E-state index in [9.17, 15) is 4.79 Å². The Labute approximate surface area is 221 Å². The van der Waals surface area contributed by atoms with Crippen LogP contribution >= 0.6 is 11.3 Å². The van der Waals surface area contributed by atoms with Crippen molar-refractivity contribution >= 4 is 27.4 Å². The van der Waals surface area contributed by atoms with Gasteiger partial charge in [0.05, 0.1) is 18.9 Å². The Morgan fingerprint density at radius 1 is 1.03 bits per heavy atom. The summed E-state index contributed by atoms with van der Waals surface area (Å²) in [4.78, 5) is 11.2. The highest BCUT2D eigenvalue weighted by atomic mass is 32.1. The van der Waals surface area contributed by atoms with Gasteiger partial charge in [-0.1, -0.05) is 36.3 Å². The molecule has 4 aromatic rings. The van der Waals surface area contributed by atoms with Crippen LogP contribution in [0.15, 0.2) is 66.0 Å². The second-order valence-electron chi connectivity index (χ2n) is 8.65. The average molecular weight is 515 g/mol. The minimum atomic E-state index is -0.864. The number of ether oxygens (including phenoxy) is 3. The first-order valence-corrected chi connectivity index (χ1v) is 13.0. The molecule has 190 valence electrons. The molecule has 1 heterocycles. The van der Waals surface area contributed by atoms with Gasteiger partial charge in [0, 0.05) is 22.8 Å². The molecule has 0 bridgehead atoms. The maximum absolute atomic E-state index is 11.2. The maximum atomic E-state index is 11.2. The van der Waals surface area contributed by atoms with Crippen LogP contribution in [0.2, 0.25) is 0 Å². The minimum absolute atomic E-state index is 0.0221. The highest BCUT2D eigenvalue weighted by Gasteiger charge is 2.14. The summed E-state index contributed by atoms with van der Waals surface area (Å²) in [5, 5.41) is 12.5. The fourth-order valence-corrected chi connectivity index (χ4v) is 5.18.